The van der Waals surface area contributed by atoms with Gasteiger partial charge in [-0.15, -0.1) is 5.26 Å². The normalized spacial score (nSPS) is 10.4. The van der Waals surface area contributed by atoms with Crippen molar-refractivity contribution in [2.24, 2.45) is 0 Å². The van der Waals surface area contributed by atoms with Crippen molar-refractivity contribution in [2.75, 3.05) is 0 Å². The Balaban J connectivity index is 4.01. The molecule has 1 unspecified atom stereocenters. The molecule has 3 nitrogen and oxygen atoms in total. The molecule has 0 aliphatic carbocycles. The molecule has 0 rings (SSSR count). The summed E-state index contributed by atoms with van der Waals surface area (Å²) in [6, 6.07) is 0. The molecule has 0 bridgehead atoms. The molecule has 0 aromatic rings. The van der Waals surface area contributed by atoms with Crippen LogP contribution in [-0.2, 0) is 4.79 Å². The van der Waals surface area contributed by atoms with Crippen LogP contribution in [0.25, 0.3) is 0 Å². The van der Waals surface area contributed by atoms with Gasteiger partial charge in [0.25, 0.3) is 5.81 Å². The Labute approximate surface area is 48.0 Å². The van der Waals surface area contributed by atoms with Gasteiger partial charge < -0.3 is 4.89 Å². The van der Waals surface area contributed by atoms with Crippen LogP contribution in [0.4, 0.5) is 0 Å². The number of carbonyl (C=O) groups is 1. The molecule has 8 heavy (non-hydrogen) atoms. The van der Waals surface area contributed by atoms with Crippen LogP contribution in [0.2, 0.25) is 0 Å². The Morgan fingerprint density at radius 3 is 2.62 bits per heavy atom. The van der Waals surface area contributed by atoms with E-state index in [1.807, 2.05) is 0 Å². The summed E-state index contributed by atoms with van der Waals surface area (Å²) in [5, 5.41) is 7.87. The predicted octanol–water partition coefficient (Wildman–Crippen LogP) is -0.384. The molecular weight excluding hydrogens is 125 g/mol. The van der Waals surface area contributed by atoms with E-state index in [2.05, 4.69) is 0 Å². The van der Waals surface area contributed by atoms with Crippen molar-refractivity contribution in [3.63, 3.8) is 0 Å². The van der Waals surface area contributed by atoms with Crippen molar-refractivity contribution in [3.8, 4) is 5.81 Å². The molecule has 0 radical (unpaired) electrons. The van der Waals surface area contributed by atoms with E-state index in [0.29, 0.717) is 0 Å². The van der Waals surface area contributed by atoms with Gasteiger partial charge >= 0.3 is 0 Å². The van der Waals surface area contributed by atoms with Crippen molar-refractivity contribution < 1.29 is 9.69 Å². The monoisotopic (exact) mass is 129 g/mol. The fourth-order valence-corrected chi connectivity index (χ4v) is 0.582. The molecule has 0 saturated heterocycles. The Morgan fingerprint density at radius 2 is 2.50 bits per heavy atom. The fraction of sp³-hybridized carbons (Fsp3) is 0.250. The molecule has 1 atom stereocenters. The number of ketones is 1. The van der Waals surface area contributed by atoms with Gasteiger partial charge in [-0.3, -0.25) is 4.79 Å². The quantitative estimate of drug-likeness (QED) is 0.453. The minimum absolute atomic E-state index is 0.326. The third-order valence-corrected chi connectivity index (χ3v) is 1.19. The van der Waals surface area contributed by atoms with E-state index in [1.165, 1.54) is 12.7 Å². The van der Waals surface area contributed by atoms with Crippen LogP contribution in [0.3, 0.4) is 0 Å². The van der Waals surface area contributed by atoms with E-state index >= 15 is 0 Å². The summed E-state index contributed by atoms with van der Waals surface area (Å²) >= 11 is 0. The Kier molecular flexibility index (Phi) is 3.02. The van der Waals surface area contributed by atoms with Gasteiger partial charge in [-0.25, -0.2) is 0 Å². The number of hydrogen-bond donors (Lipinski definition) is 0. The standard InChI is InChI=1S/C4H4NO2P/c1-4(6)2-8(7)3-5/h2H,1H3. The van der Waals surface area contributed by atoms with Crippen LogP contribution < -0.4 is 4.89 Å². The lowest BCUT2D eigenvalue weighted by Gasteiger charge is -1.76. The zero-order chi connectivity index (χ0) is 6.57. The van der Waals surface area contributed by atoms with Gasteiger partial charge in [-0.2, -0.15) is 0 Å². The summed E-state index contributed by atoms with van der Waals surface area (Å²) in [5.74, 6) is 2.00. The summed E-state index contributed by atoms with van der Waals surface area (Å²) in [4.78, 5) is 20.2. The maximum Gasteiger partial charge on any atom is 0.299 e. The first-order valence-corrected chi connectivity index (χ1v) is 3.21. The lowest BCUT2D eigenvalue weighted by molar-refractivity contribution is -0.149. The largest absolute Gasteiger partial charge is 0.617 e. The lowest BCUT2D eigenvalue weighted by atomic mass is 10.5. The summed E-state index contributed by atoms with van der Waals surface area (Å²) < 4.78 is 0. The Bertz CT molecular complexity index is 167. The number of Topliss-reactive ketones (excluding diaryl/α,β-unsaturated/α-hetero) is 1. The first kappa shape index (κ1) is 7.29. The van der Waals surface area contributed by atoms with Gasteiger partial charge in [-0.1, -0.05) is 0 Å². The van der Waals surface area contributed by atoms with Crippen LogP contribution >= 0.6 is 7.77 Å². The van der Waals surface area contributed by atoms with Crippen LogP contribution in [-0.4, -0.2) is 11.6 Å². The highest BCUT2D eigenvalue weighted by atomic mass is 31.1. The zero-order valence-corrected chi connectivity index (χ0v) is 5.18. The van der Waals surface area contributed by atoms with Crippen LogP contribution in [0.15, 0.2) is 0 Å². The summed E-state index contributed by atoms with van der Waals surface area (Å²) in [6.45, 7) is 1.25. The van der Waals surface area contributed by atoms with E-state index < -0.39 is 7.77 Å². The van der Waals surface area contributed by atoms with Gasteiger partial charge in [0.15, 0.2) is 19.4 Å². The van der Waals surface area contributed by atoms with E-state index in [1.54, 1.807) is 0 Å². The predicted molar refractivity (Wildman–Crippen MR) is 29.3 cm³/mol. The smallest absolute Gasteiger partial charge is 0.299 e. The molecule has 0 fully saturated rings. The number of nitrogens with zero attached hydrogens (tertiary/aromatic N) is 1. The first-order chi connectivity index (χ1) is 3.66. The fourth-order valence-electron chi connectivity index (χ4n) is 0.194. The number of rotatable bonds is 1. The Hall–Kier alpha value is -0.710. The summed E-state index contributed by atoms with van der Waals surface area (Å²) in [7, 11) is -2.04. The van der Waals surface area contributed by atoms with Crippen molar-refractivity contribution in [2.45, 2.75) is 6.92 Å². The molecule has 4 heteroatoms. The molecule has 0 N–H and O–H groups in total. The third-order valence-electron chi connectivity index (χ3n) is 0.398. The van der Waals surface area contributed by atoms with Crippen molar-refractivity contribution in [1.29, 1.82) is 5.26 Å². The molecule has 0 spiro atoms. The number of nitriles is 1. The third kappa shape index (κ3) is 3.48. The minimum Gasteiger partial charge on any atom is -0.617 e. The molecule has 0 aliphatic rings. The second-order valence-electron chi connectivity index (χ2n) is 1.17. The second-order valence-corrected chi connectivity index (χ2v) is 2.28. The van der Waals surface area contributed by atoms with Crippen molar-refractivity contribution in [1.82, 2.24) is 0 Å². The van der Waals surface area contributed by atoms with E-state index in [9.17, 15) is 9.69 Å². The van der Waals surface area contributed by atoms with Crippen LogP contribution in [0.1, 0.15) is 6.92 Å². The van der Waals surface area contributed by atoms with E-state index in [-0.39, 0.29) is 5.78 Å². The van der Waals surface area contributed by atoms with Crippen LogP contribution in [0.5, 0.6) is 0 Å². The molecular formula is C4H4NO2P. The topological polar surface area (TPSA) is 63.9 Å². The van der Waals surface area contributed by atoms with E-state index in [0.717, 1.165) is 5.80 Å². The summed E-state index contributed by atoms with van der Waals surface area (Å²) in [5.41, 5.74) is 0. The van der Waals surface area contributed by atoms with Crippen LogP contribution in [0, 0.1) is 11.1 Å². The molecule has 0 amide bonds. The molecule has 42 valence electrons. The first-order valence-electron chi connectivity index (χ1n) is 1.88. The molecule has 0 saturated carbocycles. The maximum absolute atomic E-state index is 10.1. The maximum atomic E-state index is 10.1. The van der Waals surface area contributed by atoms with Gasteiger partial charge in [0, 0.05) is 6.92 Å². The van der Waals surface area contributed by atoms with E-state index in [4.69, 9.17) is 5.26 Å². The average molecular weight is 129 g/mol. The SMILES string of the molecule is CC(=O)C=[P+]([O-])C#N. The molecule has 0 aliphatic heterocycles. The summed E-state index contributed by atoms with van der Waals surface area (Å²) in [6.07, 6.45) is 0. The minimum atomic E-state index is -2.04. The molecule has 0 aromatic carbocycles. The lowest BCUT2D eigenvalue weighted by Crippen LogP contribution is -1.94. The second kappa shape index (κ2) is 3.31. The van der Waals surface area contributed by atoms with Gasteiger partial charge in [-0.05, 0) is 0 Å². The van der Waals surface area contributed by atoms with Crippen molar-refractivity contribution in [3.05, 3.63) is 0 Å². The van der Waals surface area contributed by atoms with Gasteiger partial charge in [0.1, 0.15) is 0 Å². The highest BCUT2D eigenvalue weighted by molar-refractivity contribution is 7.57. The number of hydrogen-bond acceptors (Lipinski definition) is 3. The highest BCUT2D eigenvalue weighted by Gasteiger charge is 1.93. The van der Waals surface area contributed by atoms with Gasteiger partial charge in [0.05, 0.1) is 0 Å². The molecule has 0 heterocycles. The highest BCUT2D eigenvalue weighted by Crippen LogP contribution is 2.02. The van der Waals surface area contributed by atoms with Gasteiger partial charge in [0.2, 0.25) is 0 Å². The number of carbonyl (C=O) groups excluding carboxylic acids is 1. The zero-order valence-electron chi connectivity index (χ0n) is 4.29. The molecule has 0 aromatic heterocycles. The Morgan fingerprint density at radius 1 is 2.00 bits per heavy atom. The van der Waals surface area contributed by atoms with Crippen molar-refractivity contribution >= 4 is 19.4 Å². The average Bonchev–Trinajstić information content (AvgIpc) is 1.65.